The van der Waals surface area contributed by atoms with Crippen molar-refractivity contribution in [1.29, 1.82) is 0 Å². The lowest BCUT2D eigenvalue weighted by Gasteiger charge is -2.09. The van der Waals surface area contributed by atoms with E-state index in [-0.39, 0.29) is 17.2 Å². The molecule has 0 aliphatic rings. The van der Waals surface area contributed by atoms with Crippen LogP contribution in [0.25, 0.3) is 0 Å². The van der Waals surface area contributed by atoms with Crippen molar-refractivity contribution in [3.63, 3.8) is 0 Å². The Morgan fingerprint density at radius 1 is 1.28 bits per heavy atom. The van der Waals surface area contributed by atoms with Gasteiger partial charge in [0.15, 0.2) is 0 Å². The first-order valence-corrected chi connectivity index (χ1v) is 10.3. The molecule has 0 saturated heterocycles. The van der Waals surface area contributed by atoms with Crippen molar-refractivity contribution in [1.82, 2.24) is 9.71 Å². The average molecular weight is 451 g/mol. The van der Waals surface area contributed by atoms with Crippen molar-refractivity contribution in [3.05, 3.63) is 40.4 Å². The Kier molecular flexibility index (Phi) is 6.85. The largest absolute Gasteiger partial charge is 0.466 e. The maximum atomic E-state index is 12.7. The first kappa shape index (κ1) is 22.6. The second kappa shape index (κ2) is 8.78. The van der Waals surface area contributed by atoms with Gasteiger partial charge >= 0.3 is 18.2 Å². The fourth-order valence-corrected chi connectivity index (χ4v) is 4.61. The fraction of sp³-hybridized carbons (Fsp3) is 0.312. The van der Waals surface area contributed by atoms with Gasteiger partial charge in [-0.05, 0) is 37.6 Å². The summed E-state index contributed by atoms with van der Waals surface area (Å²) < 4.78 is 69.1. The molecule has 0 atom stereocenters. The molecule has 0 aliphatic heterocycles. The van der Waals surface area contributed by atoms with Gasteiger partial charge in [0.1, 0.15) is 10.0 Å². The number of carbonyl (C=O) groups excluding carboxylic acids is 2. The van der Waals surface area contributed by atoms with E-state index in [4.69, 9.17) is 4.74 Å². The predicted octanol–water partition coefficient (Wildman–Crippen LogP) is 3.09. The SMILES string of the molecule is CCOC(=O)Cc1sc(S(=O)(=O)NC(=O)Nc2cc(C(F)(F)F)ccn2)cc1C. The number of ether oxygens (including phenoxy) is 1. The lowest BCUT2D eigenvalue weighted by atomic mass is 10.2. The maximum absolute atomic E-state index is 12.7. The molecule has 0 radical (unpaired) electrons. The standard InChI is InChI=1S/C16H16F3N3O5S2/c1-3-27-13(23)8-11-9(2)6-14(28-11)29(25,26)22-15(24)21-12-7-10(4-5-20-12)16(17,18)19/h4-7H,3,8H2,1-2H3,(H2,20,21,22,24). The van der Waals surface area contributed by atoms with Crippen LogP contribution in [0.1, 0.15) is 22.9 Å². The zero-order valence-corrected chi connectivity index (χ0v) is 16.8. The van der Waals surface area contributed by atoms with Gasteiger partial charge in [-0.25, -0.2) is 22.9 Å². The van der Waals surface area contributed by atoms with E-state index in [1.165, 1.54) is 6.07 Å². The zero-order valence-electron chi connectivity index (χ0n) is 15.2. The molecule has 0 spiro atoms. The van der Waals surface area contributed by atoms with Crippen LogP contribution in [0.3, 0.4) is 0 Å². The van der Waals surface area contributed by atoms with Crippen molar-refractivity contribution in [2.75, 3.05) is 11.9 Å². The number of urea groups is 1. The van der Waals surface area contributed by atoms with E-state index in [1.54, 1.807) is 18.6 Å². The van der Waals surface area contributed by atoms with Crippen LogP contribution in [0.5, 0.6) is 0 Å². The summed E-state index contributed by atoms with van der Waals surface area (Å²) >= 11 is 0.779. The van der Waals surface area contributed by atoms with Crippen LogP contribution in [0.2, 0.25) is 0 Å². The Balaban J connectivity index is 2.11. The lowest BCUT2D eigenvalue weighted by molar-refractivity contribution is -0.142. The Hall–Kier alpha value is -2.67. The Labute approximate surface area is 168 Å². The molecular weight excluding hydrogens is 435 g/mol. The fourth-order valence-electron chi connectivity index (χ4n) is 2.13. The van der Waals surface area contributed by atoms with E-state index in [0.29, 0.717) is 22.6 Å². The van der Waals surface area contributed by atoms with Crippen LogP contribution >= 0.6 is 11.3 Å². The highest BCUT2D eigenvalue weighted by Gasteiger charge is 2.31. The van der Waals surface area contributed by atoms with E-state index < -0.39 is 39.6 Å². The molecule has 2 aromatic heterocycles. The molecule has 13 heteroatoms. The minimum absolute atomic E-state index is 0.125. The molecule has 29 heavy (non-hydrogen) atoms. The normalized spacial score (nSPS) is 11.8. The Morgan fingerprint density at radius 2 is 1.97 bits per heavy atom. The second-order valence-corrected chi connectivity index (χ2v) is 8.69. The van der Waals surface area contributed by atoms with Crippen molar-refractivity contribution in [2.24, 2.45) is 0 Å². The van der Waals surface area contributed by atoms with Gasteiger partial charge in [-0.15, -0.1) is 11.3 Å². The number of halogens is 3. The molecule has 0 aliphatic carbocycles. The third-order valence-electron chi connectivity index (χ3n) is 3.43. The third-order valence-corrected chi connectivity index (χ3v) is 6.47. The number of pyridine rings is 1. The zero-order chi connectivity index (χ0) is 21.8. The van der Waals surface area contributed by atoms with E-state index in [1.807, 2.05) is 5.32 Å². The summed E-state index contributed by atoms with van der Waals surface area (Å²) in [5.74, 6) is -0.999. The van der Waals surface area contributed by atoms with Gasteiger partial charge in [0.05, 0.1) is 18.6 Å². The first-order chi connectivity index (χ1) is 13.4. The molecule has 158 valence electrons. The third kappa shape index (κ3) is 6.15. The van der Waals surface area contributed by atoms with E-state index in [2.05, 4.69) is 4.98 Å². The van der Waals surface area contributed by atoms with Gasteiger partial charge in [-0.3, -0.25) is 10.1 Å². The molecule has 0 saturated carbocycles. The van der Waals surface area contributed by atoms with Crippen LogP contribution in [0.15, 0.2) is 28.6 Å². The summed E-state index contributed by atoms with van der Waals surface area (Å²) in [5.41, 5.74) is -0.536. The summed E-state index contributed by atoms with van der Waals surface area (Å²) in [4.78, 5) is 27.5. The predicted molar refractivity (Wildman–Crippen MR) is 98.0 cm³/mol. The van der Waals surface area contributed by atoms with Gasteiger partial charge in [0.2, 0.25) is 0 Å². The Morgan fingerprint density at radius 3 is 2.59 bits per heavy atom. The van der Waals surface area contributed by atoms with Crippen LogP contribution in [0.4, 0.5) is 23.8 Å². The summed E-state index contributed by atoms with van der Waals surface area (Å²) in [5, 5.41) is 1.94. The van der Waals surface area contributed by atoms with Crippen molar-refractivity contribution >= 4 is 39.2 Å². The molecule has 2 aromatic rings. The summed E-state index contributed by atoms with van der Waals surface area (Å²) in [6.07, 6.45) is -3.94. The molecular formula is C16H16F3N3O5S2. The molecule has 8 nitrogen and oxygen atoms in total. The highest BCUT2D eigenvalue weighted by molar-refractivity contribution is 7.92. The number of sulfonamides is 1. The quantitative estimate of drug-likeness (QED) is 0.653. The van der Waals surface area contributed by atoms with Gasteiger partial charge in [-0.1, -0.05) is 0 Å². The molecule has 2 N–H and O–H groups in total. The van der Waals surface area contributed by atoms with Crippen LogP contribution in [-0.4, -0.2) is 32.0 Å². The topological polar surface area (TPSA) is 114 Å². The average Bonchev–Trinajstić information content (AvgIpc) is 2.95. The number of alkyl halides is 3. The summed E-state index contributed by atoms with van der Waals surface area (Å²) in [6, 6.07) is 1.27. The van der Waals surface area contributed by atoms with E-state index in [0.717, 1.165) is 17.5 Å². The molecule has 2 amide bonds. The molecule has 0 aromatic carbocycles. The molecule has 2 rings (SSSR count). The smallest absolute Gasteiger partial charge is 0.416 e. The number of anilines is 1. The number of thiophene rings is 1. The van der Waals surface area contributed by atoms with Crippen molar-refractivity contribution in [3.8, 4) is 0 Å². The van der Waals surface area contributed by atoms with Gasteiger partial charge < -0.3 is 4.74 Å². The Bertz CT molecular complexity index is 1020. The number of aryl methyl sites for hydroxylation is 1. The molecule has 0 bridgehead atoms. The van der Waals surface area contributed by atoms with Crippen molar-refractivity contribution in [2.45, 2.75) is 30.7 Å². The number of carbonyl (C=O) groups is 2. The van der Waals surface area contributed by atoms with Crippen LogP contribution < -0.4 is 10.0 Å². The number of esters is 1. The molecule has 2 heterocycles. The highest BCUT2D eigenvalue weighted by atomic mass is 32.2. The number of hydrogen-bond acceptors (Lipinski definition) is 7. The monoisotopic (exact) mass is 451 g/mol. The molecule has 0 unspecified atom stereocenters. The van der Waals surface area contributed by atoms with Gasteiger partial charge in [0.25, 0.3) is 10.0 Å². The second-order valence-electron chi connectivity index (χ2n) is 5.64. The summed E-state index contributed by atoms with van der Waals surface area (Å²) in [6.45, 7) is 3.41. The number of hydrogen-bond donors (Lipinski definition) is 2. The lowest BCUT2D eigenvalue weighted by Crippen LogP contribution is -2.34. The minimum Gasteiger partial charge on any atom is -0.466 e. The number of rotatable bonds is 6. The van der Waals surface area contributed by atoms with Gasteiger partial charge in [-0.2, -0.15) is 13.2 Å². The van der Waals surface area contributed by atoms with E-state index in [9.17, 15) is 31.2 Å². The number of amides is 2. The van der Waals surface area contributed by atoms with Crippen molar-refractivity contribution < 1.29 is 35.9 Å². The van der Waals surface area contributed by atoms with Crippen LogP contribution in [-0.2, 0) is 32.2 Å². The number of aromatic nitrogens is 1. The highest BCUT2D eigenvalue weighted by Crippen LogP contribution is 2.30. The molecule has 0 fully saturated rings. The number of nitrogens with one attached hydrogen (secondary N) is 2. The van der Waals surface area contributed by atoms with Gasteiger partial charge in [0, 0.05) is 11.1 Å². The van der Waals surface area contributed by atoms with Crippen LogP contribution in [0, 0.1) is 6.92 Å². The minimum atomic E-state index is -4.65. The number of nitrogens with zero attached hydrogens (tertiary/aromatic N) is 1. The first-order valence-electron chi connectivity index (χ1n) is 8.04. The maximum Gasteiger partial charge on any atom is 0.416 e. The summed E-state index contributed by atoms with van der Waals surface area (Å²) in [7, 11) is -4.31. The van der Waals surface area contributed by atoms with E-state index >= 15 is 0 Å².